The van der Waals surface area contributed by atoms with Gasteiger partial charge < -0.3 is 0 Å². The standard InChI is InChI=1S/C16H12S/c1-2-4-12-10-15-13(9-11(12)3-1)5-6-16-14(15)7-8-17-16/h1-8H,9-10H2. The third-order valence-electron chi connectivity index (χ3n) is 3.71. The molecular formula is C16H12S. The van der Waals surface area contributed by atoms with Gasteiger partial charge in [0.25, 0.3) is 0 Å². The van der Waals surface area contributed by atoms with Crippen LogP contribution in [0, 0.1) is 0 Å². The molecule has 1 heteroatoms. The van der Waals surface area contributed by atoms with E-state index in [2.05, 4.69) is 47.8 Å². The lowest BCUT2D eigenvalue weighted by molar-refractivity contribution is 1.01. The van der Waals surface area contributed by atoms with Gasteiger partial charge in [0.2, 0.25) is 0 Å². The third kappa shape index (κ3) is 1.36. The molecule has 2 aromatic carbocycles. The zero-order valence-electron chi connectivity index (χ0n) is 9.44. The van der Waals surface area contributed by atoms with Gasteiger partial charge in [-0.1, -0.05) is 30.3 Å². The molecule has 82 valence electrons. The van der Waals surface area contributed by atoms with E-state index >= 15 is 0 Å². The second-order valence-corrected chi connectivity index (χ2v) is 5.61. The first-order valence-electron chi connectivity index (χ1n) is 5.96. The van der Waals surface area contributed by atoms with Crippen LogP contribution in [0.4, 0.5) is 0 Å². The average Bonchev–Trinajstić information content (AvgIpc) is 2.85. The normalized spacial score (nSPS) is 13.4. The van der Waals surface area contributed by atoms with Crippen molar-refractivity contribution < 1.29 is 0 Å². The Morgan fingerprint density at radius 1 is 0.765 bits per heavy atom. The van der Waals surface area contributed by atoms with Gasteiger partial charge in [-0.05, 0) is 58.0 Å². The Bertz CT molecular complexity index is 706. The van der Waals surface area contributed by atoms with Crippen molar-refractivity contribution in [2.45, 2.75) is 12.8 Å². The number of rotatable bonds is 0. The second-order valence-electron chi connectivity index (χ2n) is 4.66. The van der Waals surface area contributed by atoms with Gasteiger partial charge in [0, 0.05) is 4.70 Å². The van der Waals surface area contributed by atoms with E-state index in [1.54, 1.807) is 5.56 Å². The van der Waals surface area contributed by atoms with Crippen molar-refractivity contribution in [3.63, 3.8) is 0 Å². The number of hydrogen-bond donors (Lipinski definition) is 0. The van der Waals surface area contributed by atoms with E-state index in [1.165, 1.54) is 26.8 Å². The van der Waals surface area contributed by atoms with Gasteiger partial charge in [-0.2, -0.15) is 0 Å². The highest BCUT2D eigenvalue weighted by atomic mass is 32.1. The highest BCUT2D eigenvalue weighted by Crippen LogP contribution is 2.34. The molecule has 0 nitrogen and oxygen atoms in total. The van der Waals surface area contributed by atoms with Crippen LogP contribution in [0.15, 0.2) is 47.8 Å². The van der Waals surface area contributed by atoms with Crippen molar-refractivity contribution in [3.05, 3.63) is 70.1 Å². The van der Waals surface area contributed by atoms with Crippen LogP contribution in [-0.2, 0) is 12.8 Å². The fourth-order valence-electron chi connectivity index (χ4n) is 2.82. The van der Waals surface area contributed by atoms with E-state index in [-0.39, 0.29) is 0 Å². The highest BCUT2D eigenvalue weighted by Gasteiger charge is 2.16. The summed E-state index contributed by atoms with van der Waals surface area (Å²) in [6, 6.07) is 15.7. The molecule has 0 N–H and O–H groups in total. The molecule has 0 atom stereocenters. The van der Waals surface area contributed by atoms with Crippen molar-refractivity contribution in [2.24, 2.45) is 0 Å². The van der Waals surface area contributed by atoms with Crippen LogP contribution in [0.3, 0.4) is 0 Å². The van der Waals surface area contributed by atoms with E-state index in [0.29, 0.717) is 0 Å². The van der Waals surface area contributed by atoms with Gasteiger partial charge in [-0.25, -0.2) is 0 Å². The number of thiophene rings is 1. The lowest BCUT2D eigenvalue weighted by atomic mass is 9.85. The Balaban J connectivity index is 1.98. The summed E-state index contributed by atoms with van der Waals surface area (Å²) in [5.74, 6) is 0. The van der Waals surface area contributed by atoms with Crippen LogP contribution in [-0.4, -0.2) is 0 Å². The van der Waals surface area contributed by atoms with E-state index in [1.807, 2.05) is 11.3 Å². The first kappa shape index (κ1) is 9.43. The average molecular weight is 236 g/mol. The molecule has 0 fully saturated rings. The Kier molecular flexibility index (Phi) is 1.91. The Hall–Kier alpha value is -1.60. The molecule has 0 saturated heterocycles. The van der Waals surface area contributed by atoms with Gasteiger partial charge >= 0.3 is 0 Å². The molecule has 3 aromatic rings. The lowest BCUT2D eigenvalue weighted by Gasteiger charge is -2.20. The minimum Gasteiger partial charge on any atom is -0.144 e. The van der Waals surface area contributed by atoms with E-state index in [0.717, 1.165) is 12.8 Å². The summed E-state index contributed by atoms with van der Waals surface area (Å²) in [5, 5.41) is 3.66. The minimum atomic E-state index is 1.09. The monoisotopic (exact) mass is 236 g/mol. The zero-order chi connectivity index (χ0) is 11.2. The smallest absolute Gasteiger partial charge is 0.0345 e. The van der Waals surface area contributed by atoms with E-state index < -0.39 is 0 Å². The maximum Gasteiger partial charge on any atom is 0.0345 e. The molecule has 1 aliphatic carbocycles. The van der Waals surface area contributed by atoms with E-state index in [9.17, 15) is 0 Å². The molecule has 0 spiro atoms. The summed E-state index contributed by atoms with van der Waals surface area (Å²) in [5.41, 5.74) is 6.05. The summed E-state index contributed by atoms with van der Waals surface area (Å²) in [6.45, 7) is 0. The van der Waals surface area contributed by atoms with Crippen LogP contribution in [0.25, 0.3) is 10.1 Å². The van der Waals surface area contributed by atoms with Crippen molar-refractivity contribution in [3.8, 4) is 0 Å². The predicted molar refractivity (Wildman–Crippen MR) is 73.9 cm³/mol. The predicted octanol–water partition coefficient (Wildman–Crippen LogP) is 4.40. The fourth-order valence-corrected chi connectivity index (χ4v) is 3.64. The zero-order valence-corrected chi connectivity index (χ0v) is 10.3. The molecule has 0 saturated carbocycles. The third-order valence-corrected chi connectivity index (χ3v) is 4.59. The largest absolute Gasteiger partial charge is 0.144 e. The van der Waals surface area contributed by atoms with Gasteiger partial charge in [-0.3, -0.25) is 0 Å². The number of benzene rings is 2. The molecule has 0 amide bonds. The van der Waals surface area contributed by atoms with Gasteiger partial charge in [0.05, 0.1) is 0 Å². The first-order valence-corrected chi connectivity index (χ1v) is 6.84. The first-order chi connectivity index (χ1) is 8.42. The summed E-state index contributed by atoms with van der Waals surface area (Å²) < 4.78 is 1.42. The maximum atomic E-state index is 2.31. The lowest BCUT2D eigenvalue weighted by Crippen LogP contribution is -2.07. The quantitative estimate of drug-likeness (QED) is 0.424. The SMILES string of the molecule is c1ccc2c(c1)Cc1ccc3sccc3c1C2. The topological polar surface area (TPSA) is 0 Å². The van der Waals surface area contributed by atoms with Crippen LogP contribution >= 0.6 is 11.3 Å². The Morgan fingerprint density at radius 3 is 2.47 bits per heavy atom. The molecular weight excluding hydrogens is 224 g/mol. The van der Waals surface area contributed by atoms with Gasteiger partial charge in [-0.15, -0.1) is 11.3 Å². The molecule has 0 bridgehead atoms. The fraction of sp³-hybridized carbons (Fsp3) is 0.125. The summed E-state index contributed by atoms with van der Waals surface area (Å²) >= 11 is 1.84. The maximum absolute atomic E-state index is 2.31. The van der Waals surface area contributed by atoms with Crippen molar-refractivity contribution in [1.82, 2.24) is 0 Å². The Morgan fingerprint density at radius 2 is 1.59 bits per heavy atom. The molecule has 1 heterocycles. The van der Waals surface area contributed by atoms with Crippen molar-refractivity contribution in [2.75, 3.05) is 0 Å². The van der Waals surface area contributed by atoms with Crippen LogP contribution in [0.2, 0.25) is 0 Å². The number of fused-ring (bicyclic) bond motifs is 4. The van der Waals surface area contributed by atoms with Gasteiger partial charge in [0.1, 0.15) is 0 Å². The second kappa shape index (κ2) is 3.44. The van der Waals surface area contributed by atoms with Gasteiger partial charge in [0.15, 0.2) is 0 Å². The minimum absolute atomic E-state index is 1.09. The Labute approximate surface area is 105 Å². The molecule has 0 unspecified atom stereocenters. The van der Waals surface area contributed by atoms with Crippen molar-refractivity contribution >= 4 is 21.4 Å². The molecule has 0 radical (unpaired) electrons. The van der Waals surface area contributed by atoms with Crippen LogP contribution < -0.4 is 0 Å². The molecule has 17 heavy (non-hydrogen) atoms. The number of hydrogen-bond acceptors (Lipinski definition) is 1. The summed E-state index contributed by atoms with van der Waals surface area (Å²) in [6.07, 6.45) is 2.19. The molecule has 0 aliphatic heterocycles. The van der Waals surface area contributed by atoms with Crippen LogP contribution in [0.1, 0.15) is 22.3 Å². The molecule has 1 aliphatic rings. The van der Waals surface area contributed by atoms with Crippen LogP contribution in [0.5, 0.6) is 0 Å². The van der Waals surface area contributed by atoms with Crippen molar-refractivity contribution in [1.29, 1.82) is 0 Å². The summed E-state index contributed by atoms with van der Waals surface area (Å²) in [4.78, 5) is 0. The highest BCUT2D eigenvalue weighted by molar-refractivity contribution is 7.17. The summed E-state index contributed by atoms with van der Waals surface area (Å²) in [7, 11) is 0. The molecule has 1 aromatic heterocycles. The van der Waals surface area contributed by atoms with E-state index in [4.69, 9.17) is 0 Å². The molecule has 4 rings (SSSR count).